The van der Waals surface area contributed by atoms with Crippen molar-refractivity contribution in [3.63, 3.8) is 0 Å². The molecule has 1 saturated carbocycles. The van der Waals surface area contributed by atoms with Crippen molar-refractivity contribution in [2.75, 3.05) is 19.3 Å². The molecule has 1 aliphatic carbocycles. The molecule has 2 rings (SSSR count). The van der Waals surface area contributed by atoms with Gasteiger partial charge >= 0.3 is 0 Å². The molecule has 0 aromatic heterocycles. The van der Waals surface area contributed by atoms with Gasteiger partial charge in [-0.05, 0) is 30.4 Å². The van der Waals surface area contributed by atoms with E-state index in [-0.39, 0.29) is 19.0 Å². The van der Waals surface area contributed by atoms with Gasteiger partial charge in [-0.1, -0.05) is 49.1 Å². The number of nitrogens with one attached hydrogen (secondary N) is 1. The van der Waals surface area contributed by atoms with Gasteiger partial charge < -0.3 is 5.32 Å². The fraction of sp³-hybridized carbons (Fsp3) is 0.588. The maximum absolute atomic E-state index is 12.2. The van der Waals surface area contributed by atoms with Gasteiger partial charge in [-0.25, -0.2) is 8.42 Å². The molecular formula is C17H25ClN2O3S. The lowest BCUT2D eigenvalue weighted by Gasteiger charge is -2.23. The first-order valence-corrected chi connectivity index (χ1v) is 10.5. The highest BCUT2D eigenvalue weighted by molar-refractivity contribution is 7.88. The first kappa shape index (κ1) is 19.2. The van der Waals surface area contributed by atoms with E-state index < -0.39 is 10.0 Å². The third-order valence-corrected chi connectivity index (χ3v) is 5.97. The minimum absolute atomic E-state index is 0.0926. The Hall–Kier alpha value is -1.11. The van der Waals surface area contributed by atoms with Crippen LogP contribution in [0.25, 0.3) is 0 Å². The largest absolute Gasteiger partial charge is 0.355 e. The van der Waals surface area contributed by atoms with Crippen molar-refractivity contribution in [1.82, 2.24) is 9.62 Å². The van der Waals surface area contributed by atoms with Crippen LogP contribution in [0.1, 0.15) is 37.7 Å². The van der Waals surface area contributed by atoms with Crippen molar-refractivity contribution in [1.29, 1.82) is 0 Å². The molecule has 7 heteroatoms. The normalized spacial score (nSPS) is 16.3. The van der Waals surface area contributed by atoms with Gasteiger partial charge in [0.25, 0.3) is 0 Å². The van der Waals surface area contributed by atoms with E-state index in [0.29, 0.717) is 23.0 Å². The van der Waals surface area contributed by atoms with Gasteiger partial charge in [-0.15, -0.1) is 0 Å². The van der Waals surface area contributed by atoms with E-state index in [4.69, 9.17) is 11.6 Å². The summed E-state index contributed by atoms with van der Waals surface area (Å²) in [5.74, 6) is 0.246. The Balaban J connectivity index is 1.93. The SMILES string of the molecule is CS(=O)(=O)N(CC(=O)NCC1CCCCC1)Cc1ccccc1Cl. The van der Waals surface area contributed by atoms with Gasteiger partial charge in [0.05, 0.1) is 12.8 Å². The minimum Gasteiger partial charge on any atom is -0.355 e. The van der Waals surface area contributed by atoms with Crippen molar-refractivity contribution >= 4 is 27.5 Å². The second-order valence-corrected chi connectivity index (χ2v) is 8.82. The molecular weight excluding hydrogens is 348 g/mol. The number of hydrogen-bond donors (Lipinski definition) is 1. The highest BCUT2D eigenvalue weighted by Crippen LogP contribution is 2.23. The Morgan fingerprint density at radius 3 is 2.54 bits per heavy atom. The average molecular weight is 373 g/mol. The zero-order chi connectivity index (χ0) is 17.6. The smallest absolute Gasteiger partial charge is 0.235 e. The van der Waals surface area contributed by atoms with Crippen LogP contribution in [0.4, 0.5) is 0 Å². The van der Waals surface area contributed by atoms with E-state index in [0.717, 1.165) is 23.4 Å². The van der Waals surface area contributed by atoms with Gasteiger partial charge in [-0.2, -0.15) is 4.31 Å². The molecule has 0 heterocycles. The first-order valence-electron chi connectivity index (χ1n) is 8.31. The molecule has 0 aliphatic heterocycles. The maximum Gasteiger partial charge on any atom is 0.235 e. The molecule has 0 radical (unpaired) electrons. The van der Waals surface area contributed by atoms with E-state index in [2.05, 4.69) is 5.32 Å². The van der Waals surface area contributed by atoms with Gasteiger partial charge in [-0.3, -0.25) is 4.79 Å². The van der Waals surface area contributed by atoms with E-state index in [1.165, 1.54) is 19.3 Å². The number of benzene rings is 1. The number of halogens is 1. The van der Waals surface area contributed by atoms with Crippen molar-refractivity contribution < 1.29 is 13.2 Å². The molecule has 24 heavy (non-hydrogen) atoms. The van der Waals surface area contributed by atoms with Crippen LogP contribution in [0.2, 0.25) is 5.02 Å². The molecule has 1 aromatic carbocycles. The van der Waals surface area contributed by atoms with Gasteiger partial charge in [0.1, 0.15) is 0 Å². The quantitative estimate of drug-likeness (QED) is 0.800. The zero-order valence-electron chi connectivity index (χ0n) is 14.0. The van der Waals surface area contributed by atoms with Crippen LogP contribution in [0, 0.1) is 5.92 Å². The predicted octanol–water partition coefficient (Wildman–Crippen LogP) is 2.80. The molecule has 1 amide bonds. The number of amides is 1. The summed E-state index contributed by atoms with van der Waals surface area (Å²) in [5, 5.41) is 3.37. The number of nitrogens with zero attached hydrogens (tertiary/aromatic N) is 1. The Morgan fingerprint density at radius 2 is 1.92 bits per heavy atom. The summed E-state index contributed by atoms with van der Waals surface area (Å²) in [6, 6.07) is 7.05. The molecule has 0 unspecified atom stereocenters. The molecule has 0 bridgehead atoms. The number of sulfonamides is 1. The Kier molecular flexibility index (Phi) is 7.07. The van der Waals surface area contributed by atoms with Crippen molar-refractivity contribution in [3.05, 3.63) is 34.9 Å². The maximum atomic E-state index is 12.2. The van der Waals surface area contributed by atoms with E-state index in [1.807, 2.05) is 0 Å². The Morgan fingerprint density at radius 1 is 1.25 bits per heavy atom. The lowest BCUT2D eigenvalue weighted by Crippen LogP contribution is -2.41. The third kappa shape index (κ3) is 6.07. The van der Waals surface area contributed by atoms with Crippen molar-refractivity contribution in [2.45, 2.75) is 38.6 Å². The standard InChI is InChI=1S/C17H25ClN2O3S/c1-24(22,23)20(12-15-9-5-6-10-16(15)18)13-17(21)19-11-14-7-3-2-4-8-14/h5-6,9-10,14H,2-4,7-8,11-13H2,1H3,(H,19,21). The van der Waals surface area contributed by atoms with Crippen molar-refractivity contribution in [2.24, 2.45) is 5.92 Å². The Bertz CT molecular complexity index is 658. The fourth-order valence-electron chi connectivity index (χ4n) is 2.97. The van der Waals surface area contributed by atoms with E-state index in [1.54, 1.807) is 24.3 Å². The highest BCUT2D eigenvalue weighted by atomic mass is 35.5. The zero-order valence-corrected chi connectivity index (χ0v) is 15.6. The summed E-state index contributed by atoms with van der Waals surface area (Å²) in [6.07, 6.45) is 7.07. The lowest BCUT2D eigenvalue weighted by atomic mass is 9.89. The minimum atomic E-state index is -3.50. The highest BCUT2D eigenvalue weighted by Gasteiger charge is 2.22. The number of hydrogen-bond acceptors (Lipinski definition) is 3. The van der Waals surface area contributed by atoms with Gasteiger partial charge in [0.2, 0.25) is 15.9 Å². The van der Waals surface area contributed by atoms with Crippen LogP contribution in [-0.4, -0.2) is 38.0 Å². The number of carbonyl (C=O) groups excluding carboxylic acids is 1. The number of rotatable bonds is 7. The van der Waals surface area contributed by atoms with Crippen LogP contribution in [0.5, 0.6) is 0 Å². The molecule has 0 saturated heterocycles. The molecule has 1 N–H and O–H groups in total. The third-order valence-electron chi connectivity index (χ3n) is 4.41. The van der Waals surface area contributed by atoms with Gasteiger partial charge in [0.15, 0.2) is 0 Å². The fourth-order valence-corrected chi connectivity index (χ4v) is 3.89. The first-order chi connectivity index (χ1) is 11.4. The second kappa shape index (κ2) is 8.83. The van der Waals surface area contributed by atoms with Crippen molar-refractivity contribution in [3.8, 4) is 0 Å². The van der Waals surface area contributed by atoms with Crippen LogP contribution < -0.4 is 5.32 Å². The predicted molar refractivity (Wildman–Crippen MR) is 96.3 cm³/mol. The average Bonchev–Trinajstić information content (AvgIpc) is 2.54. The number of carbonyl (C=O) groups is 1. The summed E-state index contributed by atoms with van der Waals surface area (Å²) < 4.78 is 25.1. The summed E-state index contributed by atoms with van der Waals surface area (Å²) in [7, 11) is -3.50. The summed E-state index contributed by atoms with van der Waals surface area (Å²) >= 11 is 6.10. The molecule has 0 atom stereocenters. The Labute approximate surface area is 149 Å². The van der Waals surface area contributed by atoms with E-state index >= 15 is 0 Å². The topological polar surface area (TPSA) is 66.5 Å². The van der Waals surface area contributed by atoms with Crippen LogP contribution in [0.15, 0.2) is 24.3 Å². The van der Waals surface area contributed by atoms with E-state index in [9.17, 15) is 13.2 Å². The van der Waals surface area contributed by atoms with Crippen LogP contribution in [0.3, 0.4) is 0 Å². The summed E-state index contributed by atoms with van der Waals surface area (Å²) in [6.45, 7) is 0.536. The lowest BCUT2D eigenvalue weighted by molar-refractivity contribution is -0.121. The molecule has 134 valence electrons. The monoisotopic (exact) mass is 372 g/mol. The molecule has 1 aliphatic rings. The van der Waals surface area contributed by atoms with Gasteiger partial charge in [0, 0.05) is 18.1 Å². The molecule has 5 nitrogen and oxygen atoms in total. The molecule has 0 spiro atoms. The van der Waals surface area contributed by atoms with Crippen LogP contribution >= 0.6 is 11.6 Å². The molecule has 1 fully saturated rings. The molecule has 1 aromatic rings. The van der Waals surface area contributed by atoms with Crippen LogP contribution in [-0.2, 0) is 21.4 Å². The summed E-state index contributed by atoms with van der Waals surface area (Å²) in [5.41, 5.74) is 0.685. The summed E-state index contributed by atoms with van der Waals surface area (Å²) in [4.78, 5) is 12.2. The second-order valence-electron chi connectivity index (χ2n) is 6.43.